The second-order valence-corrected chi connectivity index (χ2v) is 6.52. The summed E-state index contributed by atoms with van der Waals surface area (Å²) in [5.41, 5.74) is 1.95. The number of imidazole rings is 1. The van der Waals surface area contributed by atoms with E-state index >= 15 is 0 Å². The number of aryl methyl sites for hydroxylation is 1. The minimum absolute atomic E-state index is 0.121. The summed E-state index contributed by atoms with van der Waals surface area (Å²) in [6, 6.07) is 7.44. The summed E-state index contributed by atoms with van der Waals surface area (Å²) in [5, 5.41) is 5.77. The van der Waals surface area contributed by atoms with Gasteiger partial charge in [0, 0.05) is 14.0 Å². The molecular weight excluding hydrogens is 304 g/mol. The summed E-state index contributed by atoms with van der Waals surface area (Å²) in [6.45, 7) is 1.81. The summed E-state index contributed by atoms with van der Waals surface area (Å²) < 4.78 is 1.98. The van der Waals surface area contributed by atoms with Gasteiger partial charge in [0.1, 0.15) is 11.9 Å². The summed E-state index contributed by atoms with van der Waals surface area (Å²) in [6.07, 6.45) is 4.23. The third kappa shape index (κ3) is 3.42. The lowest BCUT2D eigenvalue weighted by Crippen LogP contribution is -2.49. The van der Waals surface area contributed by atoms with Crippen LogP contribution in [0.3, 0.4) is 0 Å². The van der Waals surface area contributed by atoms with Crippen LogP contribution in [0.1, 0.15) is 38.4 Å². The lowest BCUT2D eigenvalue weighted by Gasteiger charge is -2.23. The fraction of sp³-hybridized carbons (Fsp3) is 0.500. The molecule has 24 heavy (non-hydrogen) atoms. The van der Waals surface area contributed by atoms with Gasteiger partial charge >= 0.3 is 0 Å². The number of benzene rings is 1. The Balaban J connectivity index is 1.69. The number of hydrogen-bond acceptors (Lipinski definition) is 3. The third-order valence-corrected chi connectivity index (χ3v) is 4.81. The number of para-hydroxylation sites is 2. The molecule has 6 nitrogen and oxygen atoms in total. The zero-order chi connectivity index (χ0) is 17.1. The fourth-order valence-corrected chi connectivity index (χ4v) is 3.54. The summed E-state index contributed by atoms with van der Waals surface area (Å²) in [7, 11) is 1.94. The van der Waals surface area contributed by atoms with Gasteiger partial charge in [-0.2, -0.15) is 0 Å². The van der Waals surface area contributed by atoms with Crippen LogP contribution in [0.15, 0.2) is 24.3 Å². The normalized spacial score (nSPS) is 16.2. The van der Waals surface area contributed by atoms with E-state index < -0.39 is 6.04 Å². The van der Waals surface area contributed by atoms with Crippen molar-refractivity contribution in [1.82, 2.24) is 20.2 Å². The van der Waals surface area contributed by atoms with Gasteiger partial charge in [0.05, 0.1) is 17.6 Å². The standard InChI is InChI=1S/C18H24N4O2/c1-12(23)20-17(13-7-3-4-8-13)18(24)19-11-16-21-14-9-5-6-10-15(14)22(16)2/h5-6,9-10,13,17H,3-4,7-8,11H2,1-2H3,(H,19,24)(H,20,23). The molecule has 2 aromatic rings. The van der Waals surface area contributed by atoms with Crippen LogP contribution in [0, 0.1) is 5.92 Å². The molecule has 1 aromatic heterocycles. The average molecular weight is 328 g/mol. The van der Waals surface area contributed by atoms with E-state index in [0.29, 0.717) is 6.54 Å². The molecule has 2 N–H and O–H groups in total. The highest BCUT2D eigenvalue weighted by Gasteiger charge is 2.31. The van der Waals surface area contributed by atoms with Gasteiger partial charge in [-0.05, 0) is 30.9 Å². The van der Waals surface area contributed by atoms with Crippen LogP contribution in [-0.4, -0.2) is 27.4 Å². The van der Waals surface area contributed by atoms with E-state index in [2.05, 4.69) is 15.6 Å². The molecule has 2 amide bonds. The maximum atomic E-state index is 12.6. The Morgan fingerprint density at radius 1 is 1.29 bits per heavy atom. The molecule has 1 saturated carbocycles. The van der Waals surface area contributed by atoms with Crippen molar-refractivity contribution in [3.63, 3.8) is 0 Å². The van der Waals surface area contributed by atoms with Crippen LogP contribution in [0.4, 0.5) is 0 Å². The number of rotatable bonds is 5. The van der Waals surface area contributed by atoms with Crippen LogP contribution in [0.2, 0.25) is 0 Å². The van der Waals surface area contributed by atoms with Crippen LogP contribution >= 0.6 is 0 Å². The lowest BCUT2D eigenvalue weighted by molar-refractivity contribution is -0.129. The SMILES string of the molecule is CC(=O)NC(C(=O)NCc1nc2ccccc2n1C)C1CCCC1. The highest BCUT2D eigenvalue weighted by atomic mass is 16.2. The molecule has 1 atom stereocenters. The van der Waals surface area contributed by atoms with Crippen molar-refractivity contribution in [2.75, 3.05) is 0 Å². The number of nitrogens with zero attached hydrogens (tertiary/aromatic N) is 2. The topological polar surface area (TPSA) is 76.0 Å². The lowest BCUT2D eigenvalue weighted by atomic mass is 9.97. The van der Waals surface area contributed by atoms with Crippen molar-refractivity contribution in [2.45, 2.75) is 45.2 Å². The van der Waals surface area contributed by atoms with E-state index in [-0.39, 0.29) is 17.7 Å². The minimum Gasteiger partial charge on any atom is -0.347 e. The van der Waals surface area contributed by atoms with Gasteiger partial charge in [-0.15, -0.1) is 0 Å². The van der Waals surface area contributed by atoms with Crippen LogP contribution < -0.4 is 10.6 Å². The molecule has 1 aliphatic carbocycles. The largest absolute Gasteiger partial charge is 0.347 e. The van der Waals surface area contributed by atoms with Gasteiger partial charge in [-0.3, -0.25) is 9.59 Å². The first-order valence-electron chi connectivity index (χ1n) is 8.51. The fourth-order valence-electron chi connectivity index (χ4n) is 3.54. The Kier molecular flexibility index (Phi) is 4.83. The summed E-state index contributed by atoms with van der Waals surface area (Å²) in [4.78, 5) is 28.6. The quantitative estimate of drug-likeness (QED) is 0.880. The van der Waals surface area contributed by atoms with Gasteiger partial charge in [0.25, 0.3) is 0 Å². The molecule has 0 aliphatic heterocycles. The van der Waals surface area contributed by atoms with E-state index in [1.807, 2.05) is 35.9 Å². The molecular formula is C18H24N4O2. The molecule has 0 spiro atoms. The minimum atomic E-state index is -0.445. The molecule has 0 radical (unpaired) electrons. The van der Waals surface area contributed by atoms with Crippen molar-refractivity contribution >= 4 is 22.8 Å². The van der Waals surface area contributed by atoms with Crippen molar-refractivity contribution in [3.05, 3.63) is 30.1 Å². The predicted octanol–water partition coefficient (Wildman–Crippen LogP) is 1.88. The van der Waals surface area contributed by atoms with Crippen LogP contribution in [-0.2, 0) is 23.2 Å². The molecule has 1 aliphatic rings. The molecule has 1 unspecified atom stereocenters. The van der Waals surface area contributed by atoms with Crippen molar-refractivity contribution in [2.24, 2.45) is 13.0 Å². The second kappa shape index (κ2) is 7.03. The van der Waals surface area contributed by atoms with E-state index in [9.17, 15) is 9.59 Å². The molecule has 1 heterocycles. The van der Waals surface area contributed by atoms with Crippen molar-refractivity contribution < 1.29 is 9.59 Å². The number of carbonyl (C=O) groups excluding carboxylic acids is 2. The van der Waals surface area contributed by atoms with Gasteiger partial charge in [0.15, 0.2) is 0 Å². The van der Waals surface area contributed by atoms with Gasteiger partial charge < -0.3 is 15.2 Å². The monoisotopic (exact) mass is 328 g/mol. The van der Waals surface area contributed by atoms with Crippen molar-refractivity contribution in [1.29, 1.82) is 0 Å². The van der Waals surface area contributed by atoms with E-state index in [1.54, 1.807) is 0 Å². The molecule has 0 saturated heterocycles. The number of amides is 2. The van der Waals surface area contributed by atoms with E-state index in [4.69, 9.17) is 0 Å². The Morgan fingerprint density at radius 2 is 2.00 bits per heavy atom. The smallest absolute Gasteiger partial charge is 0.243 e. The first-order chi connectivity index (χ1) is 11.6. The number of aromatic nitrogens is 2. The number of nitrogens with one attached hydrogen (secondary N) is 2. The second-order valence-electron chi connectivity index (χ2n) is 6.52. The average Bonchev–Trinajstić information content (AvgIpc) is 3.19. The maximum Gasteiger partial charge on any atom is 0.243 e. The Labute approximate surface area is 141 Å². The zero-order valence-electron chi connectivity index (χ0n) is 14.2. The molecule has 6 heteroatoms. The summed E-state index contributed by atoms with van der Waals surface area (Å²) >= 11 is 0. The number of fused-ring (bicyclic) bond motifs is 1. The van der Waals surface area contributed by atoms with Crippen molar-refractivity contribution in [3.8, 4) is 0 Å². The number of hydrogen-bond donors (Lipinski definition) is 2. The molecule has 3 rings (SSSR count). The van der Waals surface area contributed by atoms with Crippen LogP contribution in [0.25, 0.3) is 11.0 Å². The third-order valence-electron chi connectivity index (χ3n) is 4.81. The molecule has 0 bridgehead atoms. The molecule has 128 valence electrons. The Morgan fingerprint density at radius 3 is 2.67 bits per heavy atom. The van der Waals surface area contributed by atoms with Gasteiger partial charge in [-0.1, -0.05) is 25.0 Å². The highest BCUT2D eigenvalue weighted by Crippen LogP contribution is 2.28. The molecule has 1 aromatic carbocycles. The van der Waals surface area contributed by atoms with E-state index in [1.165, 1.54) is 6.92 Å². The molecule has 1 fully saturated rings. The van der Waals surface area contributed by atoms with Gasteiger partial charge in [0.2, 0.25) is 11.8 Å². The Bertz CT molecular complexity index is 747. The van der Waals surface area contributed by atoms with E-state index in [0.717, 1.165) is 42.5 Å². The summed E-state index contributed by atoms with van der Waals surface area (Å²) in [5.74, 6) is 0.751. The first-order valence-corrected chi connectivity index (χ1v) is 8.51. The number of carbonyl (C=O) groups is 2. The zero-order valence-corrected chi connectivity index (χ0v) is 14.2. The predicted molar refractivity (Wildman–Crippen MR) is 92.1 cm³/mol. The maximum absolute atomic E-state index is 12.6. The first kappa shape index (κ1) is 16.5. The highest BCUT2D eigenvalue weighted by molar-refractivity contribution is 5.87. The van der Waals surface area contributed by atoms with Crippen LogP contribution in [0.5, 0.6) is 0 Å². The Hall–Kier alpha value is -2.37. The van der Waals surface area contributed by atoms with Gasteiger partial charge in [-0.25, -0.2) is 4.98 Å².